The Morgan fingerprint density at radius 3 is 2.45 bits per heavy atom. The van der Waals surface area contributed by atoms with Gasteiger partial charge in [0.25, 0.3) is 11.8 Å². The zero-order chi connectivity index (χ0) is 33.2. The molecule has 3 N–H and O–H groups in total. The molecule has 0 spiro atoms. The van der Waals surface area contributed by atoms with E-state index in [2.05, 4.69) is 20.9 Å². The molecule has 0 radical (unpaired) electrons. The van der Waals surface area contributed by atoms with E-state index in [0.29, 0.717) is 38.6 Å². The van der Waals surface area contributed by atoms with E-state index in [1.54, 1.807) is 66.7 Å². The third-order valence-electron chi connectivity index (χ3n) is 6.46. The highest BCUT2D eigenvalue weighted by Crippen LogP contribution is 2.28. The van der Waals surface area contributed by atoms with Gasteiger partial charge in [-0.05, 0) is 85.3 Å². The van der Waals surface area contributed by atoms with Gasteiger partial charge in [0.15, 0.2) is 5.13 Å². The Morgan fingerprint density at radius 1 is 0.915 bits per heavy atom. The second kappa shape index (κ2) is 16.3. The summed E-state index contributed by atoms with van der Waals surface area (Å²) in [6.07, 6.45) is 1.48. The van der Waals surface area contributed by atoms with E-state index in [1.165, 1.54) is 29.2 Å². The van der Waals surface area contributed by atoms with Crippen molar-refractivity contribution in [3.8, 4) is 17.0 Å². The van der Waals surface area contributed by atoms with Gasteiger partial charge in [-0.1, -0.05) is 53.5 Å². The maximum absolute atomic E-state index is 13.4. The number of thiazole rings is 1. The number of hydrogen-bond donors (Lipinski definition) is 3. The van der Waals surface area contributed by atoms with E-state index in [1.807, 2.05) is 42.6 Å². The number of hydrogen-bond acceptors (Lipinski definition) is 7. The van der Waals surface area contributed by atoms with Gasteiger partial charge in [0.2, 0.25) is 5.91 Å². The van der Waals surface area contributed by atoms with E-state index in [4.69, 9.17) is 27.9 Å². The quantitative estimate of drug-likeness (QED) is 0.0887. The molecule has 5 rings (SSSR count). The van der Waals surface area contributed by atoms with Crippen LogP contribution in [-0.2, 0) is 9.59 Å². The van der Waals surface area contributed by atoms with Gasteiger partial charge in [-0.15, -0.1) is 23.1 Å². The fourth-order valence-electron chi connectivity index (χ4n) is 4.24. The zero-order valence-electron chi connectivity index (χ0n) is 25.0. The van der Waals surface area contributed by atoms with Gasteiger partial charge in [-0.2, -0.15) is 0 Å². The van der Waals surface area contributed by atoms with Crippen molar-refractivity contribution in [2.45, 2.75) is 11.8 Å². The number of ether oxygens (including phenoxy) is 1. The van der Waals surface area contributed by atoms with Gasteiger partial charge in [0, 0.05) is 37.1 Å². The standard InChI is InChI=1S/C35H28Cl2N4O4S2/c1-2-45-27-15-12-22(13-16-27)31-20-47-35(40-31)41-32(42)21-46-28-10-6-9-26(19-28)38-34(44)30(17-24-11-14-25(36)18-29(24)37)39-33(43)23-7-4-3-5-8-23/h3-20H,2,21H2,1H3,(H,38,44)(H,39,43)(H,40,41,42)/b30-17+. The molecule has 4 aromatic carbocycles. The first kappa shape index (κ1) is 33.7. The Morgan fingerprint density at radius 2 is 1.70 bits per heavy atom. The number of amides is 3. The predicted molar refractivity (Wildman–Crippen MR) is 191 cm³/mol. The third-order valence-corrected chi connectivity index (χ3v) is 8.78. The van der Waals surface area contributed by atoms with Gasteiger partial charge in [-0.3, -0.25) is 14.4 Å². The molecule has 12 heteroatoms. The summed E-state index contributed by atoms with van der Waals surface area (Å²) in [5, 5.41) is 11.5. The fraction of sp³-hybridized carbons (Fsp3) is 0.0857. The molecule has 0 bridgehead atoms. The first-order valence-corrected chi connectivity index (χ1v) is 17.0. The lowest BCUT2D eigenvalue weighted by atomic mass is 10.1. The summed E-state index contributed by atoms with van der Waals surface area (Å²) >= 11 is 15.0. The van der Waals surface area contributed by atoms with Crippen LogP contribution in [0.5, 0.6) is 5.75 Å². The fourth-order valence-corrected chi connectivity index (χ4v) is 6.19. The molecule has 0 fully saturated rings. The van der Waals surface area contributed by atoms with Crippen LogP contribution in [0.25, 0.3) is 17.3 Å². The summed E-state index contributed by atoms with van der Waals surface area (Å²) in [5.74, 6) is -0.324. The van der Waals surface area contributed by atoms with E-state index in [9.17, 15) is 14.4 Å². The third kappa shape index (κ3) is 9.69. The lowest BCUT2D eigenvalue weighted by Gasteiger charge is -2.12. The summed E-state index contributed by atoms with van der Waals surface area (Å²) in [7, 11) is 0. The van der Waals surface area contributed by atoms with Crippen molar-refractivity contribution < 1.29 is 19.1 Å². The van der Waals surface area contributed by atoms with Crippen LogP contribution in [-0.4, -0.2) is 35.1 Å². The predicted octanol–water partition coefficient (Wildman–Crippen LogP) is 8.66. The highest BCUT2D eigenvalue weighted by atomic mass is 35.5. The van der Waals surface area contributed by atoms with Gasteiger partial charge >= 0.3 is 0 Å². The molecular weight excluding hydrogens is 675 g/mol. The minimum Gasteiger partial charge on any atom is -0.494 e. The van der Waals surface area contributed by atoms with E-state index < -0.39 is 11.8 Å². The number of nitrogens with zero attached hydrogens (tertiary/aromatic N) is 1. The normalized spacial score (nSPS) is 11.1. The molecule has 0 saturated heterocycles. The largest absolute Gasteiger partial charge is 0.494 e. The van der Waals surface area contributed by atoms with Crippen molar-refractivity contribution in [2.24, 2.45) is 0 Å². The van der Waals surface area contributed by atoms with Crippen LogP contribution in [0.15, 0.2) is 113 Å². The minimum absolute atomic E-state index is 0.0198. The van der Waals surface area contributed by atoms with E-state index >= 15 is 0 Å². The number of carbonyl (C=O) groups is 3. The van der Waals surface area contributed by atoms with Crippen molar-refractivity contribution in [3.05, 3.63) is 129 Å². The molecule has 0 unspecified atom stereocenters. The van der Waals surface area contributed by atoms with Crippen molar-refractivity contribution in [3.63, 3.8) is 0 Å². The lowest BCUT2D eigenvalue weighted by molar-refractivity contribution is -0.114. The molecule has 0 aliphatic carbocycles. The van der Waals surface area contributed by atoms with Crippen molar-refractivity contribution in [1.82, 2.24) is 10.3 Å². The number of benzene rings is 4. The van der Waals surface area contributed by atoms with Crippen LogP contribution in [0.4, 0.5) is 10.8 Å². The average molecular weight is 704 g/mol. The van der Waals surface area contributed by atoms with E-state index in [0.717, 1.165) is 21.9 Å². The maximum atomic E-state index is 13.4. The topological polar surface area (TPSA) is 109 Å². The Kier molecular flexibility index (Phi) is 11.7. The van der Waals surface area contributed by atoms with Crippen LogP contribution < -0.4 is 20.7 Å². The number of nitrogens with one attached hydrogen (secondary N) is 3. The van der Waals surface area contributed by atoms with Crippen LogP contribution in [0.3, 0.4) is 0 Å². The van der Waals surface area contributed by atoms with Crippen LogP contribution in [0.2, 0.25) is 10.0 Å². The lowest BCUT2D eigenvalue weighted by Crippen LogP contribution is -2.30. The Hall–Kier alpha value is -4.61. The van der Waals surface area contributed by atoms with E-state index in [-0.39, 0.29) is 17.4 Å². The molecule has 3 amide bonds. The van der Waals surface area contributed by atoms with Crippen LogP contribution >= 0.6 is 46.3 Å². The molecule has 238 valence electrons. The molecule has 5 aromatic rings. The first-order chi connectivity index (χ1) is 22.8. The number of thioether (sulfide) groups is 1. The molecule has 1 aromatic heterocycles. The average Bonchev–Trinajstić information content (AvgIpc) is 3.54. The second-order valence-electron chi connectivity index (χ2n) is 9.86. The summed E-state index contributed by atoms with van der Waals surface area (Å²) in [6, 6.07) is 28.1. The van der Waals surface area contributed by atoms with Gasteiger partial charge in [0.05, 0.1) is 18.1 Å². The van der Waals surface area contributed by atoms with Crippen molar-refractivity contribution in [1.29, 1.82) is 0 Å². The Balaban J connectivity index is 1.22. The molecular formula is C35H28Cl2N4O4S2. The molecule has 0 saturated carbocycles. The Bertz CT molecular complexity index is 1910. The SMILES string of the molecule is CCOc1ccc(-c2csc(NC(=O)CSc3cccc(NC(=O)/C(=C\c4ccc(Cl)cc4Cl)NC(=O)c4ccccc4)c3)n2)cc1. The number of anilines is 2. The van der Waals surface area contributed by atoms with Crippen molar-refractivity contribution >= 4 is 80.9 Å². The monoisotopic (exact) mass is 702 g/mol. The molecule has 47 heavy (non-hydrogen) atoms. The number of carbonyl (C=O) groups excluding carboxylic acids is 3. The minimum atomic E-state index is -0.563. The second-order valence-corrected chi connectivity index (χ2v) is 12.6. The van der Waals surface area contributed by atoms with Gasteiger partial charge < -0.3 is 20.7 Å². The molecule has 0 atom stereocenters. The molecule has 0 aliphatic rings. The highest BCUT2D eigenvalue weighted by molar-refractivity contribution is 8.00. The highest BCUT2D eigenvalue weighted by Gasteiger charge is 2.17. The summed E-state index contributed by atoms with van der Waals surface area (Å²) in [4.78, 5) is 44.4. The maximum Gasteiger partial charge on any atom is 0.272 e. The summed E-state index contributed by atoms with van der Waals surface area (Å²) in [6.45, 7) is 2.53. The molecule has 1 heterocycles. The molecule has 0 aliphatic heterocycles. The number of aromatic nitrogens is 1. The summed E-state index contributed by atoms with van der Waals surface area (Å²) < 4.78 is 5.49. The van der Waals surface area contributed by atoms with Gasteiger partial charge in [0.1, 0.15) is 11.4 Å². The van der Waals surface area contributed by atoms with Gasteiger partial charge in [-0.25, -0.2) is 4.98 Å². The number of halogens is 2. The number of rotatable bonds is 12. The molecule has 8 nitrogen and oxygen atoms in total. The Labute approximate surface area is 290 Å². The zero-order valence-corrected chi connectivity index (χ0v) is 28.1. The summed E-state index contributed by atoms with van der Waals surface area (Å²) in [5.41, 5.74) is 3.02. The van der Waals surface area contributed by atoms with Crippen LogP contribution in [0.1, 0.15) is 22.8 Å². The smallest absolute Gasteiger partial charge is 0.272 e. The van der Waals surface area contributed by atoms with Crippen LogP contribution in [0, 0.1) is 0 Å². The first-order valence-electron chi connectivity index (χ1n) is 14.3. The van der Waals surface area contributed by atoms with Crippen molar-refractivity contribution in [2.75, 3.05) is 23.0 Å².